The summed E-state index contributed by atoms with van der Waals surface area (Å²) in [6, 6.07) is 1.35. The quantitative estimate of drug-likeness (QED) is 0.279. The molecular weight excluding hydrogens is 360 g/mol. The molecule has 0 fully saturated rings. The maximum absolute atomic E-state index is 12.6. The van der Waals surface area contributed by atoms with Crippen molar-refractivity contribution in [2.75, 3.05) is 34.5 Å². The van der Waals surface area contributed by atoms with E-state index in [4.69, 9.17) is 14.2 Å². The summed E-state index contributed by atoms with van der Waals surface area (Å²) in [5.41, 5.74) is -0.737. The number of nitrogens with one attached hydrogen (secondary N) is 1. The number of nitro groups is 1. The lowest BCUT2D eigenvalue weighted by molar-refractivity contribution is -0.385. The molecule has 1 aromatic rings. The number of esters is 1. The van der Waals surface area contributed by atoms with Crippen molar-refractivity contribution in [3.63, 3.8) is 0 Å². The van der Waals surface area contributed by atoms with Crippen molar-refractivity contribution in [1.82, 2.24) is 5.32 Å². The Morgan fingerprint density at radius 3 is 2.30 bits per heavy atom. The van der Waals surface area contributed by atoms with Crippen LogP contribution in [0.3, 0.4) is 0 Å². The molecule has 1 amide bonds. The third-order valence-corrected chi connectivity index (χ3v) is 3.68. The van der Waals surface area contributed by atoms with Gasteiger partial charge in [0, 0.05) is 13.2 Å². The number of carbonyl (C=O) groups is 2. The van der Waals surface area contributed by atoms with E-state index < -0.39 is 28.5 Å². The molecule has 1 atom stereocenters. The molecule has 150 valence electrons. The summed E-state index contributed by atoms with van der Waals surface area (Å²) in [5.74, 6) is -1.48. The van der Waals surface area contributed by atoms with Gasteiger partial charge in [-0.05, 0) is 5.92 Å². The predicted molar refractivity (Wildman–Crippen MR) is 95.1 cm³/mol. The molecule has 0 unspecified atom stereocenters. The summed E-state index contributed by atoms with van der Waals surface area (Å²) < 4.78 is 20.1. The maximum atomic E-state index is 12.6. The molecule has 0 radical (unpaired) electrons. The van der Waals surface area contributed by atoms with Gasteiger partial charge in [-0.25, -0.2) is 4.79 Å². The number of rotatable bonds is 10. The van der Waals surface area contributed by atoms with Gasteiger partial charge in [0.15, 0.2) is 11.5 Å². The first kappa shape index (κ1) is 22.2. The molecular formula is C17H24N2O8. The van der Waals surface area contributed by atoms with Crippen molar-refractivity contribution in [2.24, 2.45) is 5.92 Å². The number of nitro benzene ring substituents is 1. The number of amides is 1. The van der Waals surface area contributed by atoms with Gasteiger partial charge in [-0.1, -0.05) is 13.8 Å². The van der Waals surface area contributed by atoms with E-state index in [1.165, 1.54) is 27.4 Å². The van der Waals surface area contributed by atoms with Gasteiger partial charge in [-0.15, -0.1) is 0 Å². The number of hydrogen-bond acceptors (Lipinski definition) is 8. The van der Waals surface area contributed by atoms with Gasteiger partial charge >= 0.3 is 5.97 Å². The Balaban J connectivity index is 3.26. The van der Waals surface area contributed by atoms with Gasteiger partial charge in [0.2, 0.25) is 0 Å². The molecule has 1 N–H and O–H groups in total. The van der Waals surface area contributed by atoms with E-state index in [1.54, 1.807) is 13.8 Å². The molecule has 0 spiro atoms. The molecule has 0 saturated carbocycles. The molecule has 0 aliphatic carbocycles. The van der Waals surface area contributed by atoms with Crippen molar-refractivity contribution in [3.8, 4) is 11.5 Å². The fraction of sp³-hybridized carbons (Fsp3) is 0.529. The third kappa shape index (κ3) is 5.81. The van der Waals surface area contributed by atoms with E-state index in [-0.39, 0.29) is 36.2 Å². The first-order chi connectivity index (χ1) is 12.8. The molecule has 0 heterocycles. The molecule has 10 heteroatoms. The van der Waals surface area contributed by atoms with Gasteiger partial charge in [-0.2, -0.15) is 0 Å². The molecule has 0 aliphatic heterocycles. The lowest BCUT2D eigenvalue weighted by atomic mass is 10.0. The predicted octanol–water partition coefficient (Wildman–Crippen LogP) is 1.56. The Hall–Kier alpha value is -2.88. The van der Waals surface area contributed by atoms with Crippen molar-refractivity contribution in [1.29, 1.82) is 0 Å². The average molecular weight is 384 g/mol. The number of benzene rings is 1. The summed E-state index contributed by atoms with van der Waals surface area (Å²) in [6.07, 6.45) is 0. The van der Waals surface area contributed by atoms with Crippen LogP contribution in [-0.4, -0.2) is 57.4 Å². The molecule has 0 bridgehead atoms. The van der Waals surface area contributed by atoms with E-state index in [0.717, 1.165) is 6.07 Å². The lowest BCUT2D eigenvalue weighted by Crippen LogP contribution is -2.45. The highest BCUT2D eigenvalue weighted by molar-refractivity contribution is 6.01. The van der Waals surface area contributed by atoms with Crippen LogP contribution in [0.15, 0.2) is 12.1 Å². The van der Waals surface area contributed by atoms with Crippen LogP contribution in [0.2, 0.25) is 0 Å². The maximum Gasteiger partial charge on any atom is 0.328 e. The molecule has 0 aromatic heterocycles. The fourth-order valence-corrected chi connectivity index (χ4v) is 2.23. The number of carbonyl (C=O) groups excluding carboxylic acids is 2. The lowest BCUT2D eigenvalue weighted by Gasteiger charge is -2.20. The molecule has 0 saturated heterocycles. The van der Waals surface area contributed by atoms with Crippen molar-refractivity contribution < 1.29 is 33.5 Å². The second-order valence-corrected chi connectivity index (χ2v) is 5.84. The van der Waals surface area contributed by atoms with Crippen LogP contribution < -0.4 is 14.8 Å². The van der Waals surface area contributed by atoms with E-state index in [1.807, 2.05) is 0 Å². The Morgan fingerprint density at radius 1 is 1.15 bits per heavy atom. The summed E-state index contributed by atoms with van der Waals surface area (Å²) in [4.78, 5) is 35.2. The van der Waals surface area contributed by atoms with Crippen LogP contribution in [-0.2, 0) is 14.3 Å². The highest BCUT2D eigenvalue weighted by Gasteiger charge is 2.30. The Morgan fingerprint density at radius 2 is 1.81 bits per heavy atom. The van der Waals surface area contributed by atoms with Crippen LogP contribution in [0.4, 0.5) is 5.69 Å². The zero-order valence-electron chi connectivity index (χ0n) is 15.9. The van der Waals surface area contributed by atoms with Crippen LogP contribution in [0, 0.1) is 16.0 Å². The molecule has 10 nitrogen and oxygen atoms in total. The van der Waals surface area contributed by atoms with Crippen LogP contribution in [0.1, 0.15) is 24.2 Å². The fourth-order valence-electron chi connectivity index (χ4n) is 2.23. The minimum absolute atomic E-state index is 0.103. The summed E-state index contributed by atoms with van der Waals surface area (Å²) in [7, 11) is 4.03. The summed E-state index contributed by atoms with van der Waals surface area (Å²) >= 11 is 0. The normalized spacial score (nSPS) is 11.6. The zero-order chi connectivity index (χ0) is 20.6. The third-order valence-electron chi connectivity index (χ3n) is 3.68. The van der Waals surface area contributed by atoms with Crippen LogP contribution in [0.5, 0.6) is 11.5 Å². The SMILES string of the molecule is COCCOc1cc([N+](=O)[O-])c(C(=O)N[C@H](C(=O)OC)C(C)C)cc1OC. The monoisotopic (exact) mass is 384 g/mol. The standard InChI is InChI=1S/C17H24N2O8/c1-10(2)15(17(21)26-5)18-16(20)11-8-13(25-4)14(27-7-6-24-3)9-12(11)19(22)23/h8-10,15H,6-7H2,1-5H3,(H,18,20)/t15-/m0/s1. The summed E-state index contributed by atoms with van der Waals surface area (Å²) in [6.45, 7) is 3.84. The Bertz CT molecular complexity index is 690. The van der Waals surface area contributed by atoms with E-state index in [9.17, 15) is 19.7 Å². The van der Waals surface area contributed by atoms with Gasteiger partial charge in [-0.3, -0.25) is 14.9 Å². The second kappa shape index (κ2) is 10.3. The first-order valence-electron chi connectivity index (χ1n) is 8.13. The van der Waals surface area contributed by atoms with Crippen LogP contribution >= 0.6 is 0 Å². The van der Waals surface area contributed by atoms with E-state index >= 15 is 0 Å². The summed E-state index contributed by atoms with van der Waals surface area (Å²) in [5, 5.41) is 13.9. The largest absolute Gasteiger partial charge is 0.493 e. The van der Waals surface area contributed by atoms with Crippen LogP contribution in [0.25, 0.3) is 0 Å². The van der Waals surface area contributed by atoms with Gasteiger partial charge in [0.25, 0.3) is 11.6 Å². The van der Waals surface area contributed by atoms with Crippen molar-refractivity contribution >= 4 is 17.6 Å². The van der Waals surface area contributed by atoms with Crippen molar-refractivity contribution in [3.05, 3.63) is 27.8 Å². The Labute approximate surface area is 156 Å². The van der Waals surface area contributed by atoms with E-state index in [2.05, 4.69) is 10.1 Å². The zero-order valence-corrected chi connectivity index (χ0v) is 15.9. The number of methoxy groups -OCH3 is 3. The smallest absolute Gasteiger partial charge is 0.328 e. The first-order valence-corrected chi connectivity index (χ1v) is 8.13. The topological polar surface area (TPSA) is 126 Å². The van der Waals surface area contributed by atoms with Crippen molar-refractivity contribution in [2.45, 2.75) is 19.9 Å². The van der Waals surface area contributed by atoms with E-state index in [0.29, 0.717) is 0 Å². The number of ether oxygens (including phenoxy) is 4. The Kier molecular flexibility index (Phi) is 8.46. The molecule has 1 rings (SSSR count). The number of nitrogens with zero attached hydrogens (tertiary/aromatic N) is 1. The highest BCUT2D eigenvalue weighted by Crippen LogP contribution is 2.34. The minimum Gasteiger partial charge on any atom is -0.493 e. The molecule has 1 aromatic carbocycles. The average Bonchev–Trinajstić information content (AvgIpc) is 2.64. The van der Waals surface area contributed by atoms with Gasteiger partial charge in [0.1, 0.15) is 18.2 Å². The molecule has 0 aliphatic rings. The van der Waals surface area contributed by atoms with Gasteiger partial charge in [0.05, 0.1) is 31.8 Å². The molecule has 27 heavy (non-hydrogen) atoms. The minimum atomic E-state index is -0.953. The van der Waals surface area contributed by atoms with Gasteiger partial charge < -0.3 is 24.3 Å². The highest BCUT2D eigenvalue weighted by atomic mass is 16.6. The number of hydrogen-bond donors (Lipinski definition) is 1. The second-order valence-electron chi connectivity index (χ2n) is 5.84.